The minimum absolute atomic E-state index is 0.0620. The van der Waals surface area contributed by atoms with Crippen molar-refractivity contribution in [1.82, 2.24) is 0 Å². The van der Waals surface area contributed by atoms with Gasteiger partial charge >= 0.3 is 0 Å². The lowest BCUT2D eigenvalue weighted by atomic mass is 10.0. The van der Waals surface area contributed by atoms with Gasteiger partial charge in [0, 0.05) is 16.8 Å². The Balaban J connectivity index is 2.41. The third-order valence-corrected chi connectivity index (χ3v) is 3.00. The fourth-order valence-electron chi connectivity index (χ4n) is 1.62. The number of nitrogens with two attached hydrogens (primary N) is 1. The van der Waals surface area contributed by atoms with Crippen LogP contribution >= 0.6 is 11.6 Å². The van der Waals surface area contributed by atoms with Gasteiger partial charge in [0.25, 0.3) is 0 Å². The Morgan fingerprint density at radius 3 is 2.39 bits per heavy atom. The fourth-order valence-corrected chi connectivity index (χ4v) is 1.80. The fraction of sp³-hybridized carbons (Fsp3) is 0.0714. The van der Waals surface area contributed by atoms with Gasteiger partial charge in [-0.05, 0) is 48.9 Å². The Bertz CT molecular complexity index is 572. The van der Waals surface area contributed by atoms with E-state index in [0.29, 0.717) is 16.8 Å². The molecule has 0 radical (unpaired) electrons. The molecule has 0 spiro atoms. The molecule has 0 bridgehead atoms. The number of carbonyl (C=O) groups is 1. The Labute approximate surface area is 109 Å². The zero-order valence-electron chi connectivity index (χ0n) is 9.71. The number of rotatable bonds is 2. The molecule has 0 unspecified atom stereocenters. The van der Waals surface area contributed by atoms with E-state index in [-0.39, 0.29) is 10.8 Å². The number of nitrogen functional groups attached to an aromatic ring is 1. The van der Waals surface area contributed by atoms with Gasteiger partial charge in [-0.25, -0.2) is 4.39 Å². The van der Waals surface area contributed by atoms with Gasteiger partial charge in [-0.2, -0.15) is 0 Å². The van der Waals surface area contributed by atoms with Crippen LogP contribution in [0.25, 0.3) is 0 Å². The molecular formula is C14H11ClFNO. The Kier molecular flexibility index (Phi) is 3.34. The van der Waals surface area contributed by atoms with Crippen LogP contribution < -0.4 is 5.73 Å². The minimum atomic E-state index is -0.540. The summed E-state index contributed by atoms with van der Waals surface area (Å²) in [7, 11) is 0. The zero-order chi connectivity index (χ0) is 13.3. The maximum Gasteiger partial charge on any atom is 0.193 e. The molecule has 0 heterocycles. The van der Waals surface area contributed by atoms with Crippen molar-refractivity contribution >= 4 is 23.1 Å². The van der Waals surface area contributed by atoms with Gasteiger partial charge in [-0.1, -0.05) is 11.6 Å². The van der Waals surface area contributed by atoms with Crippen LogP contribution in [-0.2, 0) is 0 Å². The van der Waals surface area contributed by atoms with E-state index in [0.717, 1.165) is 5.56 Å². The van der Waals surface area contributed by atoms with Crippen molar-refractivity contribution in [3.8, 4) is 0 Å². The Hall–Kier alpha value is -1.87. The van der Waals surface area contributed by atoms with Gasteiger partial charge in [0.2, 0.25) is 0 Å². The molecule has 0 aliphatic carbocycles. The number of halogens is 2. The maximum absolute atomic E-state index is 13.0. The van der Waals surface area contributed by atoms with E-state index in [1.807, 2.05) is 6.92 Å². The van der Waals surface area contributed by atoms with Crippen molar-refractivity contribution in [1.29, 1.82) is 0 Å². The Morgan fingerprint density at radius 1 is 1.17 bits per heavy atom. The predicted molar refractivity (Wildman–Crippen MR) is 70.4 cm³/mol. The number of carbonyl (C=O) groups excluding carboxylic acids is 1. The highest BCUT2D eigenvalue weighted by molar-refractivity contribution is 6.31. The molecule has 0 atom stereocenters. The third kappa shape index (κ3) is 2.36. The largest absolute Gasteiger partial charge is 0.399 e. The van der Waals surface area contributed by atoms with Gasteiger partial charge in [0.15, 0.2) is 5.78 Å². The normalized spacial score (nSPS) is 10.4. The van der Waals surface area contributed by atoms with Crippen molar-refractivity contribution < 1.29 is 9.18 Å². The lowest BCUT2D eigenvalue weighted by Gasteiger charge is -2.05. The molecular weight excluding hydrogens is 253 g/mol. The van der Waals surface area contributed by atoms with Crippen molar-refractivity contribution in [2.75, 3.05) is 5.73 Å². The van der Waals surface area contributed by atoms with Crippen molar-refractivity contribution in [2.24, 2.45) is 0 Å². The van der Waals surface area contributed by atoms with Crippen LogP contribution in [0.2, 0.25) is 5.02 Å². The van der Waals surface area contributed by atoms with E-state index in [2.05, 4.69) is 0 Å². The molecule has 2 nitrogen and oxygen atoms in total. The van der Waals surface area contributed by atoms with E-state index in [1.54, 1.807) is 18.2 Å². The highest BCUT2D eigenvalue weighted by Crippen LogP contribution is 2.20. The van der Waals surface area contributed by atoms with Crippen LogP contribution in [0.4, 0.5) is 10.1 Å². The molecule has 92 valence electrons. The topological polar surface area (TPSA) is 43.1 Å². The van der Waals surface area contributed by atoms with E-state index < -0.39 is 5.82 Å². The summed E-state index contributed by atoms with van der Waals surface area (Å²) in [6.07, 6.45) is 0. The molecule has 2 aromatic carbocycles. The molecule has 0 aliphatic rings. The van der Waals surface area contributed by atoms with Gasteiger partial charge in [0.05, 0.1) is 5.02 Å². The van der Waals surface area contributed by atoms with Crippen molar-refractivity contribution in [2.45, 2.75) is 6.92 Å². The highest BCUT2D eigenvalue weighted by Gasteiger charge is 2.11. The van der Waals surface area contributed by atoms with Gasteiger partial charge in [-0.3, -0.25) is 4.79 Å². The summed E-state index contributed by atoms with van der Waals surface area (Å²) < 4.78 is 13.0. The average Bonchev–Trinajstić information content (AvgIpc) is 2.35. The summed E-state index contributed by atoms with van der Waals surface area (Å²) in [5.41, 5.74) is 8.00. The smallest absolute Gasteiger partial charge is 0.193 e. The second kappa shape index (κ2) is 4.78. The van der Waals surface area contributed by atoms with E-state index in [4.69, 9.17) is 17.3 Å². The molecule has 0 saturated heterocycles. The molecule has 18 heavy (non-hydrogen) atoms. The molecule has 4 heteroatoms. The summed E-state index contributed by atoms with van der Waals surface area (Å²) in [5.74, 6) is -0.748. The monoisotopic (exact) mass is 263 g/mol. The molecule has 0 aromatic heterocycles. The first-order chi connectivity index (χ1) is 8.49. The first kappa shape index (κ1) is 12.6. The summed E-state index contributed by atoms with van der Waals surface area (Å²) in [4.78, 5) is 12.2. The summed E-state index contributed by atoms with van der Waals surface area (Å²) >= 11 is 5.65. The standard InChI is InChI=1S/C14H11ClFNO/c1-8-6-9(3-5-13(8)17)14(18)10-2-4-12(16)11(15)7-10/h2-7H,17H2,1H3. The van der Waals surface area contributed by atoms with E-state index in [1.165, 1.54) is 18.2 Å². The number of hydrogen-bond donors (Lipinski definition) is 1. The van der Waals surface area contributed by atoms with Crippen LogP contribution in [0, 0.1) is 12.7 Å². The van der Waals surface area contributed by atoms with Crippen LogP contribution in [0.3, 0.4) is 0 Å². The van der Waals surface area contributed by atoms with Crippen molar-refractivity contribution in [3.05, 3.63) is 63.9 Å². The zero-order valence-corrected chi connectivity index (χ0v) is 10.5. The second-order valence-electron chi connectivity index (χ2n) is 4.03. The van der Waals surface area contributed by atoms with E-state index >= 15 is 0 Å². The van der Waals surface area contributed by atoms with Crippen LogP contribution in [0.1, 0.15) is 21.5 Å². The van der Waals surface area contributed by atoms with Crippen molar-refractivity contribution in [3.63, 3.8) is 0 Å². The number of benzene rings is 2. The molecule has 0 amide bonds. The summed E-state index contributed by atoms with van der Waals surface area (Å²) in [6, 6.07) is 8.93. The highest BCUT2D eigenvalue weighted by atomic mass is 35.5. The molecule has 0 aliphatic heterocycles. The molecule has 0 saturated carbocycles. The molecule has 0 fully saturated rings. The SMILES string of the molecule is Cc1cc(C(=O)c2ccc(F)c(Cl)c2)ccc1N. The van der Waals surface area contributed by atoms with Crippen LogP contribution in [0.5, 0.6) is 0 Å². The average molecular weight is 264 g/mol. The van der Waals surface area contributed by atoms with E-state index in [9.17, 15) is 9.18 Å². The second-order valence-corrected chi connectivity index (χ2v) is 4.44. The number of hydrogen-bond acceptors (Lipinski definition) is 2. The van der Waals surface area contributed by atoms with Gasteiger partial charge in [-0.15, -0.1) is 0 Å². The number of anilines is 1. The first-order valence-electron chi connectivity index (χ1n) is 5.35. The minimum Gasteiger partial charge on any atom is -0.399 e. The van der Waals surface area contributed by atoms with Gasteiger partial charge in [0.1, 0.15) is 5.82 Å². The number of aryl methyl sites for hydroxylation is 1. The lowest BCUT2D eigenvalue weighted by molar-refractivity contribution is 0.103. The maximum atomic E-state index is 13.0. The summed E-state index contributed by atoms with van der Waals surface area (Å²) in [5, 5.41) is -0.0620. The molecule has 2 aromatic rings. The third-order valence-electron chi connectivity index (χ3n) is 2.71. The molecule has 2 N–H and O–H groups in total. The Morgan fingerprint density at radius 2 is 1.78 bits per heavy atom. The first-order valence-corrected chi connectivity index (χ1v) is 5.72. The summed E-state index contributed by atoms with van der Waals surface area (Å²) in [6.45, 7) is 1.82. The lowest BCUT2D eigenvalue weighted by Crippen LogP contribution is -2.03. The van der Waals surface area contributed by atoms with Gasteiger partial charge < -0.3 is 5.73 Å². The number of ketones is 1. The van der Waals surface area contributed by atoms with Crippen LogP contribution in [0.15, 0.2) is 36.4 Å². The molecule has 2 rings (SSSR count). The predicted octanol–water partition coefficient (Wildman–Crippen LogP) is 3.60. The quantitative estimate of drug-likeness (QED) is 0.664. The van der Waals surface area contributed by atoms with Crippen LogP contribution in [-0.4, -0.2) is 5.78 Å².